The zero-order valence-electron chi connectivity index (χ0n) is 11.9. The third-order valence-electron chi connectivity index (χ3n) is 3.73. The molecule has 0 aromatic carbocycles. The number of hydrogen-bond acceptors (Lipinski definition) is 4. The average molecular weight is 258 g/mol. The van der Waals surface area contributed by atoms with E-state index in [2.05, 4.69) is 6.92 Å². The summed E-state index contributed by atoms with van der Waals surface area (Å²) >= 11 is 0. The predicted octanol–water partition coefficient (Wildman–Crippen LogP) is 2.28. The number of unbranched alkanes of at least 4 members (excludes halogenated alkanes) is 1. The van der Waals surface area contributed by atoms with Crippen molar-refractivity contribution < 1.29 is 19.4 Å². The van der Waals surface area contributed by atoms with Gasteiger partial charge in [-0.3, -0.25) is 4.79 Å². The average Bonchev–Trinajstić information content (AvgIpc) is 2.26. The van der Waals surface area contributed by atoms with Gasteiger partial charge in [0.1, 0.15) is 0 Å². The van der Waals surface area contributed by atoms with E-state index in [-0.39, 0.29) is 18.2 Å². The van der Waals surface area contributed by atoms with Gasteiger partial charge in [0.25, 0.3) is 0 Å². The van der Waals surface area contributed by atoms with Crippen molar-refractivity contribution in [2.45, 2.75) is 70.7 Å². The Morgan fingerprint density at radius 2 is 2.00 bits per heavy atom. The smallest absolute Gasteiger partial charge is 0.311 e. The molecule has 1 aliphatic rings. The van der Waals surface area contributed by atoms with Gasteiger partial charge in [-0.2, -0.15) is 0 Å². The highest BCUT2D eigenvalue weighted by Crippen LogP contribution is 2.37. The van der Waals surface area contributed by atoms with Crippen LogP contribution in [0.3, 0.4) is 0 Å². The second kappa shape index (κ2) is 6.53. The quantitative estimate of drug-likeness (QED) is 0.769. The molecule has 0 amide bonds. The summed E-state index contributed by atoms with van der Waals surface area (Å²) in [5, 5.41) is 10.8. The van der Waals surface area contributed by atoms with Crippen molar-refractivity contribution in [1.82, 2.24) is 0 Å². The zero-order chi connectivity index (χ0) is 13.8. The van der Waals surface area contributed by atoms with E-state index in [0.717, 1.165) is 12.8 Å². The van der Waals surface area contributed by atoms with Crippen LogP contribution in [0.4, 0.5) is 0 Å². The van der Waals surface area contributed by atoms with Gasteiger partial charge >= 0.3 is 5.97 Å². The molecule has 4 nitrogen and oxygen atoms in total. The van der Waals surface area contributed by atoms with Gasteiger partial charge in [0.15, 0.2) is 0 Å². The Balaban J connectivity index is 2.83. The third kappa shape index (κ3) is 3.69. The fourth-order valence-electron chi connectivity index (χ4n) is 3.01. The van der Waals surface area contributed by atoms with E-state index in [1.165, 1.54) is 7.11 Å². The molecule has 106 valence electrons. The molecule has 1 aliphatic heterocycles. The molecule has 0 aromatic heterocycles. The molecule has 1 fully saturated rings. The first-order valence-corrected chi connectivity index (χ1v) is 6.88. The maximum Gasteiger partial charge on any atom is 0.311 e. The normalized spacial score (nSPS) is 34.1. The number of rotatable bonds is 5. The van der Waals surface area contributed by atoms with Gasteiger partial charge in [0.2, 0.25) is 0 Å². The maximum atomic E-state index is 11.9. The second-order valence-corrected chi connectivity index (χ2v) is 5.49. The van der Waals surface area contributed by atoms with Crippen LogP contribution in [0.1, 0.15) is 52.9 Å². The summed E-state index contributed by atoms with van der Waals surface area (Å²) in [6.07, 6.45) is 3.57. The number of hydrogen-bond donors (Lipinski definition) is 1. The predicted molar refractivity (Wildman–Crippen MR) is 69.2 cm³/mol. The standard InChI is InChI=1S/C14H26O4/c1-5-6-7-12(13(15)17-4)14(16)8-10(2)18-11(3)9-14/h10-12,16H,5-9H2,1-4H3. The van der Waals surface area contributed by atoms with E-state index in [1.807, 2.05) is 13.8 Å². The fraction of sp³-hybridized carbons (Fsp3) is 0.929. The van der Waals surface area contributed by atoms with Crippen LogP contribution in [0.5, 0.6) is 0 Å². The Kier molecular flexibility index (Phi) is 5.60. The Bertz CT molecular complexity index is 267. The van der Waals surface area contributed by atoms with Gasteiger partial charge < -0.3 is 14.6 Å². The van der Waals surface area contributed by atoms with Gasteiger partial charge in [-0.15, -0.1) is 0 Å². The molecule has 0 spiro atoms. The summed E-state index contributed by atoms with van der Waals surface area (Å²) in [7, 11) is 1.39. The summed E-state index contributed by atoms with van der Waals surface area (Å²) in [5.41, 5.74) is -0.987. The van der Waals surface area contributed by atoms with E-state index in [0.29, 0.717) is 19.3 Å². The number of methoxy groups -OCH3 is 1. The number of carbonyl (C=O) groups excluding carboxylic acids is 1. The van der Waals surface area contributed by atoms with Gasteiger partial charge in [-0.05, 0) is 20.3 Å². The zero-order valence-corrected chi connectivity index (χ0v) is 11.9. The Hall–Kier alpha value is -0.610. The summed E-state index contributed by atoms with van der Waals surface area (Å²) in [6.45, 7) is 5.96. The fourth-order valence-corrected chi connectivity index (χ4v) is 3.01. The molecule has 0 radical (unpaired) electrons. The van der Waals surface area contributed by atoms with E-state index in [1.54, 1.807) is 0 Å². The summed E-state index contributed by atoms with van der Waals surface area (Å²) < 4.78 is 10.5. The lowest BCUT2D eigenvalue weighted by Gasteiger charge is -2.42. The van der Waals surface area contributed by atoms with Crippen LogP contribution < -0.4 is 0 Å². The minimum absolute atomic E-state index is 0.0208. The lowest BCUT2D eigenvalue weighted by atomic mass is 9.75. The molecule has 3 unspecified atom stereocenters. The van der Waals surface area contributed by atoms with Crippen LogP contribution in [0, 0.1) is 5.92 Å². The minimum Gasteiger partial charge on any atom is -0.469 e. The van der Waals surface area contributed by atoms with Gasteiger partial charge in [0, 0.05) is 12.8 Å². The summed E-state index contributed by atoms with van der Waals surface area (Å²) in [5.74, 6) is -0.733. The number of esters is 1. The van der Waals surface area contributed by atoms with E-state index in [9.17, 15) is 9.90 Å². The first-order chi connectivity index (χ1) is 8.42. The molecule has 0 saturated carbocycles. The first-order valence-electron chi connectivity index (χ1n) is 6.88. The van der Waals surface area contributed by atoms with Crippen LogP contribution in [0.15, 0.2) is 0 Å². The Morgan fingerprint density at radius 1 is 1.44 bits per heavy atom. The van der Waals surface area contributed by atoms with Crippen molar-refractivity contribution in [3.63, 3.8) is 0 Å². The highest BCUT2D eigenvalue weighted by Gasteiger charge is 2.46. The molecular formula is C14H26O4. The Labute approximate surface area is 110 Å². The van der Waals surface area contributed by atoms with Crippen molar-refractivity contribution in [1.29, 1.82) is 0 Å². The summed E-state index contributed by atoms with van der Waals surface area (Å²) in [6, 6.07) is 0. The minimum atomic E-state index is -0.987. The Morgan fingerprint density at radius 3 is 2.44 bits per heavy atom. The molecular weight excluding hydrogens is 232 g/mol. The van der Waals surface area contributed by atoms with Crippen molar-refractivity contribution in [3.8, 4) is 0 Å². The molecule has 1 N–H and O–H groups in total. The van der Waals surface area contributed by atoms with E-state index in [4.69, 9.17) is 9.47 Å². The van der Waals surface area contributed by atoms with Crippen molar-refractivity contribution >= 4 is 5.97 Å². The number of ether oxygens (including phenoxy) is 2. The molecule has 1 saturated heterocycles. The largest absolute Gasteiger partial charge is 0.469 e. The summed E-state index contributed by atoms with van der Waals surface area (Å²) in [4.78, 5) is 11.9. The van der Waals surface area contributed by atoms with Gasteiger partial charge in [-0.1, -0.05) is 19.8 Å². The van der Waals surface area contributed by atoms with Crippen LogP contribution in [0.25, 0.3) is 0 Å². The molecule has 4 heteroatoms. The monoisotopic (exact) mass is 258 g/mol. The van der Waals surface area contributed by atoms with Crippen LogP contribution in [0.2, 0.25) is 0 Å². The highest BCUT2D eigenvalue weighted by atomic mass is 16.5. The molecule has 0 aliphatic carbocycles. The van der Waals surface area contributed by atoms with E-state index < -0.39 is 11.5 Å². The third-order valence-corrected chi connectivity index (χ3v) is 3.73. The molecule has 3 atom stereocenters. The molecule has 1 heterocycles. The molecule has 1 rings (SSSR count). The molecule has 0 bridgehead atoms. The van der Waals surface area contributed by atoms with Crippen LogP contribution in [-0.2, 0) is 14.3 Å². The number of carbonyl (C=O) groups is 1. The van der Waals surface area contributed by atoms with E-state index >= 15 is 0 Å². The SMILES string of the molecule is CCCCC(C(=O)OC)C1(O)CC(C)OC(C)C1. The maximum absolute atomic E-state index is 11.9. The van der Waals surface area contributed by atoms with Crippen molar-refractivity contribution in [2.75, 3.05) is 7.11 Å². The van der Waals surface area contributed by atoms with Gasteiger partial charge in [-0.25, -0.2) is 0 Å². The second-order valence-electron chi connectivity index (χ2n) is 5.49. The highest BCUT2D eigenvalue weighted by molar-refractivity contribution is 5.73. The molecule has 18 heavy (non-hydrogen) atoms. The van der Waals surface area contributed by atoms with Crippen molar-refractivity contribution in [2.24, 2.45) is 5.92 Å². The molecule has 0 aromatic rings. The first kappa shape index (κ1) is 15.4. The van der Waals surface area contributed by atoms with Crippen LogP contribution in [-0.4, -0.2) is 36.0 Å². The van der Waals surface area contributed by atoms with Crippen LogP contribution >= 0.6 is 0 Å². The van der Waals surface area contributed by atoms with Gasteiger partial charge in [0.05, 0.1) is 30.8 Å². The topological polar surface area (TPSA) is 55.8 Å². The number of aliphatic hydroxyl groups is 1. The lowest BCUT2D eigenvalue weighted by molar-refractivity contribution is -0.179. The lowest BCUT2D eigenvalue weighted by Crippen LogP contribution is -2.51. The van der Waals surface area contributed by atoms with Crippen molar-refractivity contribution in [3.05, 3.63) is 0 Å².